The lowest BCUT2D eigenvalue weighted by molar-refractivity contribution is -0.198. The van der Waals surface area contributed by atoms with Gasteiger partial charge in [0, 0.05) is 43.7 Å². The van der Waals surface area contributed by atoms with Crippen LogP contribution in [-0.4, -0.2) is 66.4 Å². The highest BCUT2D eigenvalue weighted by Crippen LogP contribution is 2.13. The van der Waals surface area contributed by atoms with Crippen molar-refractivity contribution in [1.82, 2.24) is 15.7 Å². The van der Waals surface area contributed by atoms with E-state index >= 15 is 0 Å². The van der Waals surface area contributed by atoms with E-state index in [0.717, 1.165) is 19.3 Å². The number of esters is 1. The summed E-state index contributed by atoms with van der Waals surface area (Å²) < 4.78 is 5.15. The summed E-state index contributed by atoms with van der Waals surface area (Å²) in [6, 6.07) is -0.970. The first-order chi connectivity index (χ1) is 17.8. The maximum Gasteiger partial charge on any atom is 0.335 e. The third-order valence-electron chi connectivity index (χ3n) is 5.31. The molecule has 0 aromatic rings. The minimum absolute atomic E-state index is 0.0565. The van der Waals surface area contributed by atoms with Crippen LogP contribution in [0.5, 0.6) is 0 Å². The number of carbonyl (C=O) groups excluding carboxylic acids is 6. The first kappa shape index (κ1) is 31.4. The molecule has 0 unspecified atom stereocenters. The Bertz CT molecular complexity index is 842. The molecule has 14 nitrogen and oxygen atoms in total. The number of unbranched alkanes of at least 4 members (excludes halogenated alkanes) is 4. The van der Waals surface area contributed by atoms with Gasteiger partial charge in [0.05, 0.1) is 18.9 Å². The molecule has 1 rings (SSSR count). The van der Waals surface area contributed by atoms with Crippen molar-refractivity contribution in [2.24, 2.45) is 5.11 Å². The van der Waals surface area contributed by atoms with Crippen LogP contribution in [-0.2, 0) is 38.3 Å². The summed E-state index contributed by atoms with van der Waals surface area (Å²) >= 11 is 0. The molecule has 1 fully saturated rings. The predicted molar refractivity (Wildman–Crippen MR) is 129 cm³/mol. The summed E-state index contributed by atoms with van der Waals surface area (Å²) in [6.45, 7) is 2.54. The van der Waals surface area contributed by atoms with Crippen LogP contribution in [0.25, 0.3) is 10.4 Å². The lowest BCUT2D eigenvalue weighted by Crippen LogP contribution is -2.42. The van der Waals surface area contributed by atoms with Gasteiger partial charge in [0.1, 0.15) is 6.61 Å². The molecular formula is C23H36N6O8. The molecule has 1 aliphatic rings. The van der Waals surface area contributed by atoms with Gasteiger partial charge >= 0.3 is 11.9 Å². The standard InChI is InChI=1S/C23H36N6O8/c1-2-3-6-13-25-18(30)9-12-22(34)36-16-17(27-19(31)8-5-4-7-14-26-28-24)15-23(35)37-29-20(32)10-11-21(29)33/h17H,2-16H2,1H3,(H,25,30)(H,27,31)/t17-/m0/s1. The fraction of sp³-hybridized carbons (Fsp3) is 0.739. The molecule has 1 heterocycles. The molecule has 0 aliphatic carbocycles. The van der Waals surface area contributed by atoms with Gasteiger partial charge < -0.3 is 20.2 Å². The van der Waals surface area contributed by atoms with Crippen molar-refractivity contribution >= 4 is 35.6 Å². The number of rotatable bonds is 19. The third kappa shape index (κ3) is 14.5. The molecular weight excluding hydrogens is 488 g/mol. The van der Waals surface area contributed by atoms with Crippen LogP contribution < -0.4 is 10.6 Å². The van der Waals surface area contributed by atoms with E-state index in [0.29, 0.717) is 37.4 Å². The average Bonchev–Trinajstić information content (AvgIpc) is 3.18. The minimum atomic E-state index is -0.970. The van der Waals surface area contributed by atoms with Gasteiger partial charge in [0.25, 0.3) is 11.8 Å². The van der Waals surface area contributed by atoms with E-state index in [4.69, 9.17) is 15.1 Å². The normalized spacial score (nSPS) is 13.5. The van der Waals surface area contributed by atoms with E-state index < -0.39 is 42.1 Å². The van der Waals surface area contributed by atoms with Gasteiger partial charge in [-0.3, -0.25) is 24.0 Å². The largest absolute Gasteiger partial charge is 0.463 e. The number of hydrogen-bond donors (Lipinski definition) is 2. The van der Waals surface area contributed by atoms with Crippen molar-refractivity contribution < 1.29 is 38.3 Å². The highest BCUT2D eigenvalue weighted by molar-refractivity contribution is 6.01. The van der Waals surface area contributed by atoms with Gasteiger partial charge in [-0.2, -0.15) is 0 Å². The molecule has 1 aliphatic heterocycles. The summed E-state index contributed by atoms with van der Waals surface area (Å²) in [5, 5.41) is 9.12. The average molecular weight is 525 g/mol. The molecule has 0 radical (unpaired) electrons. The van der Waals surface area contributed by atoms with Crippen LogP contribution in [0.3, 0.4) is 0 Å². The van der Waals surface area contributed by atoms with Gasteiger partial charge in [0.15, 0.2) is 0 Å². The van der Waals surface area contributed by atoms with E-state index in [1.165, 1.54) is 0 Å². The van der Waals surface area contributed by atoms with Crippen molar-refractivity contribution in [3.63, 3.8) is 0 Å². The van der Waals surface area contributed by atoms with Gasteiger partial charge in [-0.25, -0.2) is 4.79 Å². The Kier molecular flexibility index (Phi) is 15.7. The summed E-state index contributed by atoms with van der Waals surface area (Å²) in [7, 11) is 0. The molecule has 0 saturated carbocycles. The highest BCUT2D eigenvalue weighted by Gasteiger charge is 2.33. The minimum Gasteiger partial charge on any atom is -0.463 e. The fourth-order valence-corrected chi connectivity index (χ4v) is 3.31. The molecule has 2 N–H and O–H groups in total. The second-order valence-electron chi connectivity index (χ2n) is 8.52. The number of hydroxylamine groups is 2. The second kappa shape index (κ2) is 18.6. The van der Waals surface area contributed by atoms with E-state index in [9.17, 15) is 28.8 Å². The lowest BCUT2D eigenvalue weighted by atomic mass is 10.1. The molecule has 0 aromatic carbocycles. The van der Waals surface area contributed by atoms with Gasteiger partial charge in [-0.1, -0.05) is 31.3 Å². The first-order valence-electron chi connectivity index (χ1n) is 12.6. The topological polar surface area (TPSA) is 197 Å². The Morgan fingerprint density at radius 3 is 2.38 bits per heavy atom. The molecule has 1 saturated heterocycles. The zero-order valence-electron chi connectivity index (χ0n) is 21.2. The van der Waals surface area contributed by atoms with Crippen LogP contribution in [0.2, 0.25) is 0 Å². The Hall–Kier alpha value is -3.67. The van der Waals surface area contributed by atoms with E-state index in [1.54, 1.807) is 0 Å². The zero-order chi connectivity index (χ0) is 27.5. The molecule has 1 atom stereocenters. The second-order valence-corrected chi connectivity index (χ2v) is 8.52. The Balaban J connectivity index is 2.54. The molecule has 206 valence electrons. The van der Waals surface area contributed by atoms with E-state index in [1.807, 2.05) is 6.92 Å². The van der Waals surface area contributed by atoms with Crippen LogP contribution in [0.1, 0.15) is 84.0 Å². The maximum absolute atomic E-state index is 12.3. The number of nitrogens with one attached hydrogen (secondary N) is 2. The monoisotopic (exact) mass is 524 g/mol. The summed E-state index contributed by atoms with van der Waals surface area (Å²) in [5.41, 5.74) is 8.26. The third-order valence-corrected chi connectivity index (χ3v) is 5.31. The lowest BCUT2D eigenvalue weighted by Gasteiger charge is -2.19. The van der Waals surface area contributed by atoms with E-state index in [2.05, 4.69) is 20.7 Å². The molecule has 37 heavy (non-hydrogen) atoms. The van der Waals surface area contributed by atoms with Gasteiger partial charge in [-0.05, 0) is 24.8 Å². The summed E-state index contributed by atoms with van der Waals surface area (Å²) in [4.78, 5) is 79.4. The Morgan fingerprint density at radius 1 is 0.973 bits per heavy atom. The number of amides is 4. The number of carbonyl (C=O) groups is 6. The van der Waals surface area contributed by atoms with Crippen molar-refractivity contribution in [3.8, 4) is 0 Å². The van der Waals surface area contributed by atoms with Crippen LogP contribution in [0, 0.1) is 0 Å². The Labute approximate surface area is 215 Å². The van der Waals surface area contributed by atoms with Gasteiger partial charge in [0.2, 0.25) is 11.8 Å². The quantitative estimate of drug-likeness (QED) is 0.0638. The smallest absolute Gasteiger partial charge is 0.335 e. The number of nitrogens with zero attached hydrogens (tertiary/aromatic N) is 4. The fourth-order valence-electron chi connectivity index (χ4n) is 3.31. The van der Waals surface area contributed by atoms with Crippen molar-refractivity contribution in [2.75, 3.05) is 19.7 Å². The zero-order valence-corrected chi connectivity index (χ0v) is 21.2. The van der Waals surface area contributed by atoms with Crippen molar-refractivity contribution in [2.45, 2.75) is 90.0 Å². The number of hydrogen-bond acceptors (Lipinski definition) is 9. The maximum atomic E-state index is 12.3. The number of azide groups is 1. The SMILES string of the molecule is CCCCCNC(=O)CCC(=O)OC[C@H](CC(=O)ON1C(=O)CCC1=O)NC(=O)CCCCCN=[N+]=[N-]. The molecule has 14 heteroatoms. The molecule has 0 bridgehead atoms. The Morgan fingerprint density at radius 2 is 1.70 bits per heavy atom. The summed E-state index contributed by atoms with van der Waals surface area (Å²) in [6.07, 6.45) is 3.96. The molecule has 4 amide bonds. The van der Waals surface area contributed by atoms with Crippen LogP contribution in [0.15, 0.2) is 5.11 Å². The summed E-state index contributed by atoms with van der Waals surface area (Å²) in [5.74, 6) is -3.59. The van der Waals surface area contributed by atoms with Crippen LogP contribution in [0.4, 0.5) is 0 Å². The van der Waals surface area contributed by atoms with Gasteiger partial charge in [-0.15, -0.1) is 5.06 Å². The highest BCUT2D eigenvalue weighted by atomic mass is 16.7. The first-order valence-corrected chi connectivity index (χ1v) is 12.6. The van der Waals surface area contributed by atoms with Crippen molar-refractivity contribution in [1.29, 1.82) is 0 Å². The number of ether oxygens (including phenoxy) is 1. The molecule has 0 spiro atoms. The van der Waals surface area contributed by atoms with Crippen molar-refractivity contribution in [3.05, 3.63) is 10.4 Å². The van der Waals surface area contributed by atoms with Crippen LogP contribution >= 0.6 is 0 Å². The number of imide groups is 1. The molecule has 0 aromatic heterocycles. The van der Waals surface area contributed by atoms with E-state index in [-0.39, 0.29) is 44.6 Å². The predicted octanol–water partition coefficient (Wildman–Crippen LogP) is 1.97.